The van der Waals surface area contributed by atoms with Gasteiger partial charge >= 0.3 is 17.9 Å². The number of ether oxygens (including phenoxy) is 3. The monoisotopic (exact) mass is 740 g/mol. The largest absolute Gasteiger partial charge is 0.481 e. The molecule has 0 aromatic rings. The van der Waals surface area contributed by atoms with E-state index in [0.717, 1.165) is 51.4 Å². The zero-order chi connectivity index (χ0) is 38.7. The van der Waals surface area contributed by atoms with Gasteiger partial charge in [0.15, 0.2) is 0 Å². The molecule has 10 nitrogen and oxygen atoms in total. The minimum Gasteiger partial charge on any atom is -0.481 e. The van der Waals surface area contributed by atoms with Crippen molar-refractivity contribution in [3.8, 4) is 0 Å². The number of aliphatic carboxylic acids is 1. The first kappa shape index (κ1) is 40.2. The molecule has 1 unspecified atom stereocenters. The molecule has 12 atom stereocenters. The van der Waals surface area contributed by atoms with E-state index in [1.54, 1.807) is 0 Å². The van der Waals surface area contributed by atoms with Gasteiger partial charge < -0.3 is 30.4 Å². The van der Waals surface area contributed by atoms with E-state index in [1.165, 1.54) is 12.5 Å². The van der Waals surface area contributed by atoms with Gasteiger partial charge in [0.2, 0.25) is 5.91 Å². The second-order valence-electron chi connectivity index (χ2n) is 19.6. The van der Waals surface area contributed by atoms with Crippen LogP contribution in [0, 0.1) is 62.6 Å². The molecule has 6 aliphatic rings. The quantitative estimate of drug-likeness (QED) is 0.111. The number of amides is 1. The first-order chi connectivity index (χ1) is 24.9. The van der Waals surface area contributed by atoms with Crippen LogP contribution in [-0.2, 0) is 33.4 Å². The summed E-state index contributed by atoms with van der Waals surface area (Å²) in [6.07, 6.45) is 10.7. The lowest BCUT2D eigenvalue weighted by Gasteiger charge is -2.71. The molecule has 5 aliphatic carbocycles. The molecule has 0 spiro atoms. The van der Waals surface area contributed by atoms with Crippen molar-refractivity contribution in [3.05, 3.63) is 11.6 Å². The van der Waals surface area contributed by atoms with Crippen LogP contribution in [0.15, 0.2) is 11.6 Å². The highest BCUT2D eigenvalue weighted by Gasteiger charge is 2.72. The molecule has 1 saturated heterocycles. The van der Waals surface area contributed by atoms with Crippen LogP contribution < -0.4 is 11.1 Å². The Bertz CT molecular complexity index is 1480. The highest BCUT2D eigenvalue weighted by molar-refractivity contribution is 5.79. The summed E-state index contributed by atoms with van der Waals surface area (Å²) < 4.78 is 19.0. The van der Waals surface area contributed by atoms with Crippen molar-refractivity contribution in [2.45, 2.75) is 151 Å². The van der Waals surface area contributed by atoms with E-state index in [2.05, 4.69) is 59.9 Å². The minimum absolute atomic E-state index is 0.122. The number of carboxylic acids is 1. The third-order valence-electron chi connectivity index (χ3n) is 16.7. The van der Waals surface area contributed by atoms with Gasteiger partial charge in [0.1, 0.15) is 18.2 Å². The normalized spacial score (nSPS) is 41.7. The van der Waals surface area contributed by atoms with Crippen LogP contribution in [0.5, 0.6) is 0 Å². The fourth-order valence-electron chi connectivity index (χ4n) is 13.0. The highest BCUT2D eigenvalue weighted by atomic mass is 16.6. The number of carbonyl (C=O) groups is 4. The van der Waals surface area contributed by atoms with Gasteiger partial charge in [-0.2, -0.15) is 0 Å². The Hall–Kier alpha value is -2.46. The number of nitrogens with two attached hydrogens (primary N) is 1. The average Bonchev–Trinajstić information content (AvgIpc) is 3.05. The Morgan fingerprint density at radius 2 is 1.70 bits per heavy atom. The second kappa shape index (κ2) is 14.6. The van der Waals surface area contributed by atoms with E-state index < -0.39 is 58.3 Å². The first-order valence-electron chi connectivity index (χ1n) is 20.8. The maximum atomic E-state index is 13.6. The lowest BCUT2D eigenvalue weighted by Crippen LogP contribution is -2.70. The maximum Gasteiger partial charge on any atom is 0.323 e. The molecule has 298 valence electrons. The molecule has 6 rings (SSSR count). The van der Waals surface area contributed by atoms with E-state index in [-0.39, 0.29) is 40.4 Å². The number of allylic oxidation sites excluding steroid dienone is 1. The fourth-order valence-corrected chi connectivity index (χ4v) is 13.0. The number of carbonyl (C=O) groups excluding carboxylic acids is 3. The van der Waals surface area contributed by atoms with Gasteiger partial charge in [-0.25, -0.2) is 0 Å². The van der Waals surface area contributed by atoms with Crippen molar-refractivity contribution in [2.24, 2.45) is 68.3 Å². The van der Waals surface area contributed by atoms with Crippen LogP contribution in [0.4, 0.5) is 0 Å². The van der Waals surface area contributed by atoms with Crippen molar-refractivity contribution in [1.82, 2.24) is 5.32 Å². The Morgan fingerprint density at radius 3 is 2.32 bits per heavy atom. The van der Waals surface area contributed by atoms with Gasteiger partial charge in [-0.05, 0) is 111 Å². The predicted molar refractivity (Wildman–Crippen MR) is 201 cm³/mol. The fraction of sp³-hybridized carbons (Fsp3) is 0.860. The van der Waals surface area contributed by atoms with Gasteiger partial charge in [-0.1, -0.05) is 66.5 Å². The summed E-state index contributed by atoms with van der Waals surface area (Å²) in [5.41, 5.74) is 5.72. The van der Waals surface area contributed by atoms with Gasteiger partial charge in [-0.15, -0.1) is 0 Å². The van der Waals surface area contributed by atoms with Gasteiger partial charge in [0, 0.05) is 30.2 Å². The molecule has 2 bridgehead atoms. The molecule has 10 heteroatoms. The van der Waals surface area contributed by atoms with Crippen molar-refractivity contribution < 1.29 is 38.5 Å². The topological polar surface area (TPSA) is 154 Å². The summed E-state index contributed by atoms with van der Waals surface area (Å²) in [6, 6.07) is -0.831. The summed E-state index contributed by atoms with van der Waals surface area (Å²) in [4.78, 5) is 51.9. The molecule has 1 heterocycles. The molecule has 0 aromatic heterocycles. The lowest BCUT2D eigenvalue weighted by atomic mass is 9.34. The smallest absolute Gasteiger partial charge is 0.323 e. The van der Waals surface area contributed by atoms with E-state index in [4.69, 9.17) is 19.9 Å². The summed E-state index contributed by atoms with van der Waals surface area (Å²) in [5.74, 6) is -0.866. The van der Waals surface area contributed by atoms with Gasteiger partial charge in [0.05, 0.1) is 19.1 Å². The molecule has 1 amide bonds. The SMILES string of the molecule is CC(=O)O[C@@H]1C[C@]23COC[C@](C)([C@@H]2CC[C@H]2C3=CC[C@@]3(C)[C@H](C(=O)O)[C@@](C)([C@H](C)C(C)C)CC[C@]23C)[C@H]1OC(=O)C(N)CCCCNC(=O)C1CCC1. The Balaban J connectivity index is 1.24. The number of esters is 2. The molecule has 5 fully saturated rings. The average molecular weight is 741 g/mol. The molecule has 0 aromatic carbocycles. The molecule has 0 radical (unpaired) electrons. The third kappa shape index (κ3) is 6.47. The van der Waals surface area contributed by atoms with Crippen LogP contribution in [0.1, 0.15) is 132 Å². The van der Waals surface area contributed by atoms with Crippen molar-refractivity contribution in [3.63, 3.8) is 0 Å². The third-order valence-corrected chi connectivity index (χ3v) is 16.7. The van der Waals surface area contributed by atoms with Crippen LogP contribution in [0.2, 0.25) is 0 Å². The van der Waals surface area contributed by atoms with E-state index in [1.807, 2.05) is 0 Å². The zero-order valence-corrected chi connectivity index (χ0v) is 33.8. The van der Waals surface area contributed by atoms with Crippen molar-refractivity contribution >= 4 is 23.8 Å². The molecular weight excluding hydrogens is 672 g/mol. The number of nitrogens with one attached hydrogen (secondary N) is 1. The number of unbranched alkanes of at least 4 members (excludes halogenated alkanes) is 1. The minimum atomic E-state index is -0.831. The predicted octanol–water partition coefficient (Wildman–Crippen LogP) is 6.83. The van der Waals surface area contributed by atoms with Crippen molar-refractivity contribution in [1.29, 1.82) is 0 Å². The molecule has 4 N–H and O–H groups in total. The van der Waals surface area contributed by atoms with Crippen LogP contribution in [0.3, 0.4) is 0 Å². The highest BCUT2D eigenvalue weighted by Crippen LogP contribution is 2.75. The lowest BCUT2D eigenvalue weighted by molar-refractivity contribution is -0.263. The summed E-state index contributed by atoms with van der Waals surface area (Å²) in [7, 11) is 0. The maximum absolute atomic E-state index is 13.6. The zero-order valence-electron chi connectivity index (χ0n) is 33.8. The van der Waals surface area contributed by atoms with Crippen molar-refractivity contribution in [2.75, 3.05) is 19.8 Å². The molecule has 1 aliphatic heterocycles. The van der Waals surface area contributed by atoms with Gasteiger partial charge in [-0.3, -0.25) is 19.2 Å². The standard InChI is InChI=1S/C43H68N2O8/c1-25(2)26(3)39(5)19-20-41(7)29-15-16-33-40(6)23-51-24-43(33,30(29)17-18-42(41,8)34(39)37(48)49)22-32(52-27(4)46)35(40)53-38(50)31(44)14-9-10-21-45-36(47)28-12-11-13-28/h17,25-26,28-29,31-35H,9-16,18-24,44H2,1-8H3,(H,45,47)(H,48,49)/t26-,29+,31?,32-,33+,34-,35+,39-,40-,41-,42+,43-/m1/s1. The Labute approximate surface area is 317 Å². The number of fused-ring (bicyclic) bond motifs is 3. The van der Waals surface area contributed by atoms with Gasteiger partial charge in [0.25, 0.3) is 0 Å². The first-order valence-corrected chi connectivity index (χ1v) is 20.8. The Morgan fingerprint density at radius 1 is 0.981 bits per heavy atom. The summed E-state index contributed by atoms with van der Waals surface area (Å²) in [6.45, 7) is 18.5. The van der Waals surface area contributed by atoms with E-state index in [0.29, 0.717) is 51.4 Å². The molecule has 4 saturated carbocycles. The number of hydrogen-bond donors (Lipinski definition) is 3. The number of rotatable bonds is 12. The molecular formula is C43H68N2O8. The van der Waals surface area contributed by atoms with Crippen LogP contribution in [-0.4, -0.2) is 66.9 Å². The second-order valence-corrected chi connectivity index (χ2v) is 19.6. The number of carboxylic acid groups (broad SMARTS) is 1. The van der Waals surface area contributed by atoms with Crippen LogP contribution in [0.25, 0.3) is 0 Å². The number of hydrogen-bond acceptors (Lipinski definition) is 8. The Kier molecular flexibility index (Phi) is 11.0. The molecule has 53 heavy (non-hydrogen) atoms. The summed E-state index contributed by atoms with van der Waals surface area (Å²) >= 11 is 0. The van der Waals surface area contributed by atoms with E-state index >= 15 is 0 Å². The van der Waals surface area contributed by atoms with E-state index in [9.17, 15) is 24.3 Å². The summed E-state index contributed by atoms with van der Waals surface area (Å²) in [5, 5.41) is 14.0. The van der Waals surface area contributed by atoms with Crippen LogP contribution >= 0.6 is 0 Å².